The molecule has 0 atom stereocenters. The summed E-state index contributed by atoms with van der Waals surface area (Å²) in [4.78, 5) is 15.7. The summed E-state index contributed by atoms with van der Waals surface area (Å²) < 4.78 is 10.2. The summed E-state index contributed by atoms with van der Waals surface area (Å²) in [5.41, 5.74) is 2.85. The first kappa shape index (κ1) is 14.5. The van der Waals surface area contributed by atoms with E-state index < -0.39 is 5.97 Å². The summed E-state index contributed by atoms with van der Waals surface area (Å²) in [6.45, 7) is 0. The van der Waals surface area contributed by atoms with Crippen LogP contribution in [0.4, 0.5) is 0 Å². The van der Waals surface area contributed by atoms with Crippen molar-refractivity contribution in [2.45, 2.75) is 0 Å². The van der Waals surface area contributed by atoms with E-state index in [1.807, 2.05) is 18.2 Å². The summed E-state index contributed by atoms with van der Waals surface area (Å²) in [5.74, 6) is -0.134. The van der Waals surface area contributed by atoms with Crippen LogP contribution in [0.2, 0.25) is 0 Å². The second-order valence-electron chi connectivity index (χ2n) is 4.77. The molecule has 0 unspecified atom stereocenters. The average Bonchev–Trinajstić information content (AvgIpc) is 3.03. The van der Waals surface area contributed by atoms with E-state index in [9.17, 15) is 10.1 Å². The molecule has 3 aromatic rings. The van der Waals surface area contributed by atoms with Crippen molar-refractivity contribution in [1.82, 2.24) is 4.98 Å². The first-order valence-corrected chi connectivity index (χ1v) is 6.87. The van der Waals surface area contributed by atoms with Crippen molar-refractivity contribution in [3.63, 3.8) is 0 Å². The molecule has 0 aliphatic carbocycles. The number of esters is 1. The van der Waals surface area contributed by atoms with Gasteiger partial charge in [-0.3, -0.25) is 0 Å². The fraction of sp³-hybridized carbons (Fsp3) is 0.0556. The zero-order valence-corrected chi connectivity index (χ0v) is 12.3. The lowest BCUT2D eigenvalue weighted by Crippen LogP contribution is -2.00. The zero-order valence-electron chi connectivity index (χ0n) is 12.3. The molecule has 5 heteroatoms. The van der Waals surface area contributed by atoms with Gasteiger partial charge in [-0.05, 0) is 35.9 Å². The standard InChI is InChI=1S/C18H12N2O3/c1-22-18(21)13-8-6-12(7-9-13)10-14(11-19)17-20-15-4-2-3-5-16(15)23-17/h2-10H,1H3. The average molecular weight is 304 g/mol. The minimum atomic E-state index is -0.403. The van der Waals surface area contributed by atoms with Crippen LogP contribution in [0, 0.1) is 11.3 Å². The molecule has 1 heterocycles. The number of nitrogens with zero attached hydrogens (tertiary/aromatic N) is 2. The monoisotopic (exact) mass is 304 g/mol. The summed E-state index contributed by atoms with van der Waals surface area (Å²) in [5, 5.41) is 9.35. The molecule has 0 radical (unpaired) electrons. The molecule has 0 N–H and O–H groups in total. The molecule has 0 aliphatic rings. The van der Waals surface area contributed by atoms with Crippen LogP contribution in [0.5, 0.6) is 0 Å². The fourth-order valence-corrected chi connectivity index (χ4v) is 2.13. The van der Waals surface area contributed by atoms with E-state index in [1.165, 1.54) is 7.11 Å². The topological polar surface area (TPSA) is 76.1 Å². The lowest BCUT2D eigenvalue weighted by atomic mass is 10.1. The lowest BCUT2D eigenvalue weighted by Gasteiger charge is -1.99. The maximum absolute atomic E-state index is 11.4. The van der Waals surface area contributed by atoms with Crippen LogP contribution in [0.3, 0.4) is 0 Å². The summed E-state index contributed by atoms with van der Waals surface area (Å²) >= 11 is 0. The van der Waals surface area contributed by atoms with Gasteiger partial charge in [0.25, 0.3) is 0 Å². The highest BCUT2D eigenvalue weighted by Gasteiger charge is 2.11. The van der Waals surface area contributed by atoms with Crippen LogP contribution in [0.15, 0.2) is 52.9 Å². The number of carbonyl (C=O) groups excluding carboxylic acids is 1. The van der Waals surface area contributed by atoms with Crippen LogP contribution in [-0.4, -0.2) is 18.1 Å². The number of nitriles is 1. The van der Waals surface area contributed by atoms with Crippen LogP contribution < -0.4 is 0 Å². The molecular formula is C18H12N2O3. The SMILES string of the molecule is COC(=O)c1ccc(C=C(C#N)c2nc3ccccc3o2)cc1. The van der Waals surface area contributed by atoms with Crippen LogP contribution in [0.25, 0.3) is 22.7 Å². The Morgan fingerprint density at radius 1 is 1.22 bits per heavy atom. The second-order valence-corrected chi connectivity index (χ2v) is 4.77. The number of aromatic nitrogens is 1. The van der Waals surface area contributed by atoms with E-state index >= 15 is 0 Å². The van der Waals surface area contributed by atoms with Crippen molar-refractivity contribution in [2.75, 3.05) is 7.11 Å². The van der Waals surface area contributed by atoms with Gasteiger partial charge in [0, 0.05) is 0 Å². The Morgan fingerprint density at radius 3 is 2.61 bits per heavy atom. The van der Waals surface area contributed by atoms with Gasteiger partial charge < -0.3 is 9.15 Å². The van der Waals surface area contributed by atoms with E-state index in [2.05, 4.69) is 15.8 Å². The van der Waals surface area contributed by atoms with Crippen LogP contribution >= 0.6 is 0 Å². The van der Waals surface area contributed by atoms with E-state index in [1.54, 1.807) is 36.4 Å². The zero-order chi connectivity index (χ0) is 16.2. The fourth-order valence-electron chi connectivity index (χ4n) is 2.13. The highest BCUT2D eigenvalue weighted by Crippen LogP contribution is 2.22. The second kappa shape index (κ2) is 6.16. The number of hydrogen-bond donors (Lipinski definition) is 0. The molecular weight excluding hydrogens is 292 g/mol. The molecule has 0 bridgehead atoms. The predicted octanol–water partition coefficient (Wildman–Crippen LogP) is 3.68. The minimum absolute atomic E-state index is 0.269. The van der Waals surface area contributed by atoms with Gasteiger partial charge in [-0.25, -0.2) is 9.78 Å². The number of carbonyl (C=O) groups is 1. The van der Waals surface area contributed by atoms with E-state index in [0.717, 1.165) is 5.56 Å². The molecule has 1 aromatic heterocycles. The number of ether oxygens (including phenoxy) is 1. The van der Waals surface area contributed by atoms with E-state index in [0.29, 0.717) is 22.2 Å². The highest BCUT2D eigenvalue weighted by atomic mass is 16.5. The first-order chi connectivity index (χ1) is 11.2. The lowest BCUT2D eigenvalue weighted by molar-refractivity contribution is 0.0600. The quantitative estimate of drug-likeness (QED) is 0.545. The number of hydrogen-bond acceptors (Lipinski definition) is 5. The Bertz CT molecular complexity index is 898. The van der Waals surface area contributed by atoms with Gasteiger partial charge in [0.1, 0.15) is 17.2 Å². The number of methoxy groups -OCH3 is 1. The summed E-state index contributed by atoms with van der Waals surface area (Å²) in [6.07, 6.45) is 1.66. The number of allylic oxidation sites excluding steroid dienone is 1. The van der Waals surface area contributed by atoms with Crippen molar-refractivity contribution in [3.05, 3.63) is 65.5 Å². The van der Waals surface area contributed by atoms with Crippen LogP contribution in [-0.2, 0) is 4.74 Å². The number of oxazole rings is 1. The van der Waals surface area contributed by atoms with Gasteiger partial charge in [0.05, 0.1) is 12.7 Å². The third-order valence-electron chi connectivity index (χ3n) is 3.29. The van der Waals surface area contributed by atoms with Crippen LogP contribution in [0.1, 0.15) is 21.8 Å². The molecule has 0 saturated heterocycles. The van der Waals surface area contributed by atoms with Gasteiger partial charge in [-0.2, -0.15) is 5.26 Å². The molecule has 0 aliphatic heterocycles. The van der Waals surface area contributed by atoms with Crippen molar-refractivity contribution in [3.8, 4) is 6.07 Å². The predicted molar refractivity (Wildman–Crippen MR) is 85.3 cm³/mol. The van der Waals surface area contributed by atoms with Crippen molar-refractivity contribution in [2.24, 2.45) is 0 Å². The number of fused-ring (bicyclic) bond motifs is 1. The minimum Gasteiger partial charge on any atom is -0.465 e. The highest BCUT2D eigenvalue weighted by molar-refractivity contribution is 5.91. The number of rotatable bonds is 3. The Hall–Kier alpha value is -3.39. The third-order valence-corrected chi connectivity index (χ3v) is 3.29. The van der Waals surface area contributed by atoms with Gasteiger partial charge in [0.15, 0.2) is 5.58 Å². The molecule has 0 amide bonds. The summed E-state index contributed by atoms with van der Waals surface area (Å²) in [7, 11) is 1.33. The third kappa shape index (κ3) is 2.97. The van der Waals surface area contributed by atoms with E-state index in [-0.39, 0.29) is 5.89 Å². The van der Waals surface area contributed by atoms with Crippen molar-refractivity contribution < 1.29 is 13.9 Å². The van der Waals surface area contributed by atoms with Crippen molar-refractivity contribution >= 4 is 28.7 Å². The Morgan fingerprint density at radius 2 is 1.96 bits per heavy atom. The normalized spacial score (nSPS) is 11.2. The number of benzene rings is 2. The van der Waals surface area contributed by atoms with Crippen molar-refractivity contribution in [1.29, 1.82) is 5.26 Å². The van der Waals surface area contributed by atoms with E-state index in [4.69, 9.17) is 4.42 Å². The first-order valence-electron chi connectivity index (χ1n) is 6.87. The smallest absolute Gasteiger partial charge is 0.337 e. The van der Waals surface area contributed by atoms with Gasteiger partial charge in [0.2, 0.25) is 5.89 Å². The largest absolute Gasteiger partial charge is 0.465 e. The molecule has 23 heavy (non-hydrogen) atoms. The molecule has 3 rings (SSSR count). The maximum Gasteiger partial charge on any atom is 0.337 e. The molecule has 0 fully saturated rings. The van der Waals surface area contributed by atoms with Gasteiger partial charge in [-0.15, -0.1) is 0 Å². The maximum atomic E-state index is 11.4. The molecule has 2 aromatic carbocycles. The molecule has 5 nitrogen and oxygen atoms in total. The molecule has 112 valence electrons. The van der Waals surface area contributed by atoms with Gasteiger partial charge in [-0.1, -0.05) is 24.3 Å². The molecule has 0 saturated carbocycles. The Labute approximate surface area is 132 Å². The molecule has 0 spiro atoms. The summed E-state index contributed by atoms with van der Waals surface area (Å²) in [6, 6.07) is 16.1. The Kier molecular flexibility index (Phi) is 3.89. The number of para-hydroxylation sites is 2. The Balaban J connectivity index is 1.95. The van der Waals surface area contributed by atoms with Gasteiger partial charge >= 0.3 is 5.97 Å².